The molecule has 0 saturated heterocycles. The van der Waals surface area contributed by atoms with E-state index in [1.165, 1.54) is 0 Å². The van der Waals surface area contributed by atoms with Gasteiger partial charge < -0.3 is 10.0 Å². The minimum atomic E-state index is -0.114. The van der Waals surface area contributed by atoms with Gasteiger partial charge in [-0.2, -0.15) is 0 Å². The molecule has 4 heteroatoms. The monoisotopic (exact) mass is 334 g/mol. The van der Waals surface area contributed by atoms with Gasteiger partial charge in [0.2, 0.25) is 0 Å². The van der Waals surface area contributed by atoms with E-state index in [9.17, 15) is 9.90 Å². The van der Waals surface area contributed by atoms with Gasteiger partial charge in [-0.25, -0.2) is 4.98 Å². The fourth-order valence-electron chi connectivity index (χ4n) is 2.84. The van der Waals surface area contributed by atoms with Crippen molar-refractivity contribution in [3.05, 3.63) is 60.3 Å². The van der Waals surface area contributed by atoms with Crippen molar-refractivity contribution < 1.29 is 9.90 Å². The second kappa shape index (κ2) is 6.93. The Morgan fingerprint density at radius 1 is 1.16 bits per heavy atom. The molecule has 1 heterocycles. The van der Waals surface area contributed by atoms with Gasteiger partial charge in [0.1, 0.15) is 11.4 Å². The van der Waals surface area contributed by atoms with E-state index < -0.39 is 0 Å². The van der Waals surface area contributed by atoms with Crippen LogP contribution in [0, 0.1) is 0 Å². The molecule has 0 aliphatic rings. The molecule has 0 saturated carbocycles. The van der Waals surface area contributed by atoms with Crippen LogP contribution < -0.4 is 0 Å². The van der Waals surface area contributed by atoms with Crippen molar-refractivity contribution in [3.8, 4) is 17.0 Å². The molecule has 25 heavy (non-hydrogen) atoms. The summed E-state index contributed by atoms with van der Waals surface area (Å²) in [7, 11) is 1.80. The van der Waals surface area contributed by atoms with Gasteiger partial charge in [-0.15, -0.1) is 0 Å². The summed E-state index contributed by atoms with van der Waals surface area (Å²) in [4.78, 5) is 19.2. The minimum Gasteiger partial charge on any atom is -0.507 e. The maximum Gasteiger partial charge on any atom is 0.272 e. The van der Waals surface area contributed by atoms with Gasteiger partial charge in [-0.05, 0) is 36.9 Å². The first-order valence-corrected chi connectivity index (χ1v) is 8.48. The SMILES string of the molecule is CCC(C)N(C)C(=O)c1cc2ccccc2c(-c2ccccc2O)n1. The average molecular weight is 334 g/mol. The van der Waals surface area contributed by atoms with Crippen molar-refractivity contribution in [2.45, 2.75) is 26.3 Å². The van der Waals surface area contributed by atoms with Crippen LogP contribution in [0.25, 0.3) is 22.0 Å². The van der Waals surface area contributed by atoms with E-state index in [1.807, 2.05) is 49.4 Å². The Morgan fingerprint density at radius 3 is 2.56 bits per heavy atom. The van der Waals surface area contributed by atoms with E-state index in [0.29, 0.717) is 17.0 Å². The molecule has 0 fully saturated rings. The molecule has 0 aliphatic heterocycles. The fraction of sp³-hybridized carbons (Fsp3) is 0.238. The van der Waals surface area contributed by atoms with Gasteiger partial charge >= 0.3 is 0 Å². The Labute approximate surface area is 147 Å². The summed E-state index contributed by atoms with van der Waals surface area (Å²) in [6.07, 6.45) is 0.877. The number of hydrogen-bond acceptors (Lipinski definition) is 3. The summed E-state index contributed by atoms with van der Waals surface area (Å²) < 4.78 is 0. The van der Waals surface area contributed by atoms with Crippen LogP contribution in [0.15, 0.2) is 54.6 Å². The van der Waals surface area contributed by atoms with Gasteiger partial charge in [0.05, 0.1) is 5.69 Å². The minimum absolute atomic E-state index is 0.114. The number of fused-ring (bicyclic) bond motifs is 1. The quantitative estimate of drug-likeness (QED) is 0.765. The van der Waals surface area contributed by atoms with E-state index in [4.69, 9.17) is 0 Å². The van der Waals surface area contributed by atoms with Crippen LogP contribution in [0.4, 0.5) is 0 Å². The number of para-hydroxylation sites is 1. The smallest absolute Gasteiger partial charge is 0.272 e. The summed E-state index contributed by atoms with van der Waals surface area (Å²) in [5.74, 6) is 0.0387. The lowest BCUT2D eigenvalue weighted by molar-refractivity contribution is 0.0735. The van der Waals surface area contributed by atoms with Crippen molar-refractivity contribution in [2.24, 2.45) is 0 Å². The number of carbonyl (C=O) groups excluding carboxylic acids is 1. The Balaban J connectivity index is 2.20. The fourth-order valence-corrected chi connectivity index (χ4v) is 2.84. The molecule has 3 aromatic rings. The lowest BCUT2D eigenvalue weighted by Gasteiger charge is -2.24. The Kier molecular flexibility index (Phi) is 4.70. The number of benzene rings is 2. The number of amides is 1. The molecule has 2 aromatic carbocycles. The van der Waals surface area contributed by atoms with Gasteiger partial charge in [-0.3, -0.25) is 4.79 Å². The number of hydrogen-bond donors (Lipinski definition) is 1. The predicted octanol–water partition coefficient (Wildman–Crippen LogP) is 4.48. The Hall–Kier alpha value is -2.88. The molecular formula is C21H22N2O2. The highest BCUT2D eigenvalue weighted by molar-refractivity contribution is 6.02. The first-order chi connectivity index (χ1) is 12.0. The topological polar surface area (TPSA) is 53.4 Å². The second-order valence-corrected chi connectivity index (χ2v) is 6.27. The largest absolute Gasteiger partial charge is 0.507 e. The first kappa shape index (κ1) is 17.0. The normalized spacial score (nSPS) is 12.1. The highest BCUT2D eigenvalue weighted by Gasteiger charge is 2.20. The third-order valence-corrected chi connectivity index (χ3v) is 4.69. The lowest BCUT2D eigenvalue weighted by atomic mass is 10.0. The van der Waals surface area contributed by atoms with Gasteiger partial charge in [0.25, 0.3) is 5.91 Å². The molecule has 128 valence electrons. The summed E-state index contributed by atoms with van der Waals surface area (Å²) in [5, 5.41) is 12.1. The van der Waals surface area contributed by atoms with Crippen LogP contribution in [-0.2, 0) is 0 Å². The lowest BCUT2D eigenvalue weighted by Crippen LogP contribution is -2.35. The molecule has 0 radical (unpaired) electrons. The van der Waals surface area contributed by atoms with Crippen LogP contribution in [0.2, 0.25) is 0 Å². The molecule has 1 amide bonds. The standard InChI is InChI=1S/C21H22N2O2/c1-4-14(2)23(3)21(25)18-13-15-9-5-6-10-16(15)20(22-18)17-11-7-8-12-19(17)24/h5-14,24H,4H2,1-3H3. The summed E-state index contributed by atoms with van der Waals surface area (Å²) in [6.45, 7) is 4.07. The van der Waals surface area contributed by atoms with Crippen molar-refractivity contribution in [2.75, 3.05) is 7.05 Å². The van der Waals surface area contributed by atoms with E-state index >= 15 is 0 Å². The number of phenols is 1. The number of aromatic nitrogens is 1. The third-order valence-electron chi connectivity index (χ3n) is 4.69. The van der Waals surface area contributed by atoms with Gasteiger partial charge in [0.15, 0.2) is 0 Å². The van der Waals surface area contributed by atoms with Crippen molar-refractivity contribution in [1.82, 2.24) is 9.88 Å². The maximum absolute atomic E-state index is 12.9. The maximum atomic E-state index is 12.9. The number of phenolic OH excluding ortho intramolecular Hbond substituents is 1. The van der Waals surface area contributed by atoms with Crippen LogP contribution in [-0.4, -0.2) is 34.0 Å². The first-order valence-electron chi connectivity index (χ1n) is 8.48. The van der Waals surface area contributed by atoms with Crippen molar-refractivity contribution in [1.29, 1.82) is 0 Å². The molecule has 0 bridgehead atoms. The molecule has 1 N–H and O–H groups in total. The van der Waals surface area contributed by atoms with Gasteiger partial charge in [0, 0.05) is 24.0 Å². The van der Waals surface area contributed by atoms with E-state index in [-0.39, 0.29) is 17.7 Å². The van der Waals surface area contributed by atoms with Crippen LogP contribution >= 0.6 is 0 Å². The summed E-state index contributed by atoms with van der Waals surface area (Å²) in [6, 6.07) is 16.8. The molecular weight excluding hydrogens is 312 g/mol. The van der Waals surface area contributed by atoms with E-state index in [1.54, 1.807) is 24.1 Å². The van der Waals surface area contributed by atoms with E-state index in [2.05, 4.69) is 11.9 Å². The predicted molar refractivity (Wildman–Crippen MR) is 101 cm³/mol. The van der Waals surface area contributed by atoms with Crippen LogP contribution in [0.1, 0.15) is 30.8 Å². The Morgan fingerprint density at radius 2 is 1.84 bits per heavy atom. The molecule has 0 spiro atoms. The van der Waals surface area contributed by atoms with Crippen LogP contribution in [0.3, 0.4) is 0 Å². The highest BCUT2D eigenvalue weighted by Crippen LogP contribution is 2.33. The number of nitrogens with zero attached hydrogens (tertiary/aromatic N) is 2. The molecule has 1 atom stereocenters. The number of pyridine rings is 1. The van der Waals surface area contributed by atoms with Crippen molar-refractivity contribution >= 4 is 16.7 Å². The zero-order valence-corrected chi connectivity index (χ0v) is 14.7. The van der Waals surface area contributed by atoms with Crippen LogP contribution in [0.5, 0.6) is 5.75 Å². The van der Waals surface area contributed by atoms with Crippen molar-refractivity contribution in [3.63, 3.8) is 0 Å². The summed E-state index contributed by atoms with van der Waals surface area (Å²) >= 11 is 0. The molecule has 0 aliphatic carbocycles. The average Bonchev–Trinajstić information content (AvgIpc) is 2.65. The highest BCUT2D eigenvalue weighted by atomic mass is 16.3. The number of rotatable bonds is 4. The molecule has 3 rings (SSSR count). The second-order valence-electron chi connectivity index (χ2n) is 6.27. The third kappa shape index (κ3) is 3.20. The Bertz CT molecular complexity index is 921. The molecule has 4 nitrogen and oxygen atoms in total. The zero-order valence-electron chi connectivity index (χ0n) is 14.7. The number of aromatic hydroxyl groups is 1. The van der Waals surface area contributed by atoms with Gasteiger partial charge in [-0.1, -0.05) is 43.3 Å². The van der Waals surface area contributed by atoms with E-state index in [0.717, 1.165) is 17.2 Å². The zero-order chi connectivity index (χ0) is 18.0. The molecule has 1 aromatic heterocycles. The summed E-state index contributed by atoms with van der Waals surface area (Å²) in [5.41, 5.74) is 1.64. The molecule has 1 unspecified atom stereocenters. The number of carbonyl (C=O) groups is 1.